The van der Waals surface area contributed by atoms with Gasteiger partial charge < -0.3 is 20.9 Å². The number of rotatable bonds is 6. The quantitative estimate of drug-likeness (QED) is 0.497. The molecule has 3 N–H and O–H groups in total. The summed E-state index contributed by atoms with van der Waals surface area (Å²) in [5.41, 5.74) is -1.42. The van der Waals surface area contributed by atoms with E-state index in [1.165, 1.54) is 25.7 Å². The molecule has 3 fully saturated rings. The first-order valence-electron chi connectivity index (χ1n) is 12.1. The summed E-state index contributed by atoms with van der Waals surface area (Å²) in [5.74, 6) is -3.99. The van der Waals surface area contributed by atoms with Crippen molar-refractivity contribution in [1.29, 1.82) is 5.26 Å². The highest BCUT2D eigenvalue weighted by Gasteiger charge is 2.54. The van der Waals surface area contributed by atoms with Gasteiger partial charge in [0.05, 0.1) is 6.07 Å². The number of halogens is 3. The number of hydrogen-bond donors (Lipinski definition) is 3. The summed E-state index contributed by atoms with van der Waals surface area (Å²) in [6.45, 7) is 8.51. The SMILES string of the molecule is CC1(C)CCN(C(=O)[C@@H](NC(=O)C(F)(F)F)C(C)(C)C)[C@H](C(=O)N[C@H](C#N)C[C@H]2C(=O)N[C@H]3C[C@H]32)C1. The third-order valence-electron chi connectivity index (χ3n) is 7.37. The first-order chi connectivity index (χ1) is 16.4. The molecule has 12 heteroatoms. The van der Waals surface area contributed by atoms with E-state index in [0.29, 0.717) is 6.42 Å². The second-order valence-electron chi connectivity index (χ2n) is 12.0. The minimum absolute atomic E-state index is 0.102. The van der Waals surface area contributed by atoms with E-state index in [2.05, 4.69) is 10.6 Å². The predicted molar refractivity (Wildman–Crippen MR) is 122 cm³/mol. The number of nitrogens with one attached hydrogen (secondary N) is 3. The predicted octanol–water partition coefficient (Wildman–Crippen LogP) is 1.63. The van der Waals surface area contributed by atoms with Crippen LogP contribution < -0.4 is 16.0 Å². The summed E-state index contributed by atoms with van der Waals surface area (Å²) in [5, 5.41) is 16.9. The van der Waals surface area contributed by atoms with Gasteiger partial charge in [-0.15, -0.1) is 0 Å². The fourth-order valence-electron chi connectivity index (χ4n) is 5.10. The zero-order valence-electron chi connectivity index (χ0n) is 21.2. The number of alkyl halides is 3. The van der Waals surface area contributed by atoms with Crippen LogP contribution in [0, 0.1) is 34.0 Å². The van der Waals surface area contributed by atoms with E-state index < -0.39 is 47.4 Å². The van der Waals surface area contributed by atoms with Crippen molar-refractivity contribution >= 4 is 23.6 Å². The van der Waals surface area contributed by atoms with Crippen molar-refractivity contribution in [1.82, 2.24) is 20.9 Å². The Morgan fingerprint density at radius 3 is 2.36 bits per heavy atom. The van der Waals surface area contributed by atoms with Gasteiger partial charge in [-0.25, -0.2) is 0 Å². The Hall–Kier alpha value is -2.84. The van der Waals surface area contributed by atoms with Crippen molar-refractivity contribution in [2.45, 2.75) is 90.6 Å². The monoisotopic (exact) mass is 513 g/mol. The average Bonchev–Trinajstić information content (AvgIpc) is 3.43. The van der Waals surface area contributed by atoms with Crippen LogP contribution in [0.25, 0.3) is 0 Å². The maximum Gasteiger partial charge on any atom is 0.471 e. The highest BCUT2D eigenvalue weighted by atomic mass is 19.4. The van der Waals surface area contributed by atoms with Crippen molar-refractivity contribution in [2.24, 2.45) is 22.7 Å². The molecule has 2 heterocycles. The molecular weight excluding hydrogens is 479 g/mol. The van der Waals surface area contributed by atoms with Crippen LogP contribution in [0.3, 0.4) is 0 Å². The Morgan fingerprint density at radius 2 is 1.86 bits per heavy atom. The number of nitriles is 1. The van der Waals surface area contributed by atoms with Crippen LogP contribution in [0.1, 0.15) is 60.3 Å². The van der Waals surface area contributed by atoms with Crippen molar-refractivity contribution < 1.29 is 32.3 Å². The van der Waals surface area contributed by atoms with Gasteiger partial charge in [0.25, 0.3) is 0 Å². The van der Waals surface area contributed by atoms with Gasteiger partial charge in [-0.1, -0.05) is 34.6 Å². The fourth-order valence-corrected chi connectivity index (χ4v) is 5.10. The van der Waals surface area contributed by atoms with Crippen LogP contribution in [0.2, 0.25) is 0 Å². The number of amides is 4. The fraction of sp³-hybridized carbons (Fsp3) is 0.792. The van der Waals surface area contributed by atoms with Crippen LogP contribution in [-0.2, 0) is 19.2 Å². The Kier molecular flexibility index (Phi) is 7.37. The maximum atomic E-state index is 13.5. The van der Waals surface area contributed by atoms with E-state index in [1.807, 2.05) is 19.9 Å². The summed E-state index contributed by atoms with van der Waals surface area (Å²) >= 11 is 0. The molecule has 0 aromatic heterocycles. The molecular formula is C24H34F3N5O4. The minimum atomic E-state index is -5.17. The van der Waals surface area contributed by atoms with E-state index in [0.717, 1.165) is 6.42 Å². The lowest BCUT2D eigenvalue weighted by Crippen LogP contribution is -2.63. The number of likely N-dealkylation sites (tertiary alicyclic amines) is 1. The molecule has 9 nitrogen and oxygen atoms in total. The highest BCUT2D eigenvalue weighted by Crippen LogP contribution is 2.45. The summed E-state index contributed by atoms with van der Waals surface area (Å²) in [6.07, 6.45) is -3.45. The standard InChI is InChI=1S/C24H34F3N5O4/c1-22(2,3)17(31-21(36)24(25,26)27)20(35)32-7-6-23(4,5)10-16(32)19(34)29-12(11-28)8-14-13-9-15(13)30-18(14)33/h12-17H,6-10H2,1-5H3,(H,29,34)(H,30,33)(H,31,36)/t12-,13-,14+,15-,16-,17+/m0/s1. The van der Waals surface area contributed by atoms with Crippen LogP contribution in [0.5, 0.6) is 0 Å². The van der Waals surface area contributed by atoms with E-state index in [9.17, 15) is 37.6 Å². The molecule has 1 saturated carbocycles. The smallest absolute Gasteiger partial charge is 0.353 e. The van der Waals surface area contributed by atoms with E-state index >= 15 is 0 Å². The zero-order chi connectivity index (χ0) is 27.2. The van der Waals surface area contributed by atoms with Gasteiger partial charge in [-0.05, 0) is 42.4 Å². The van der Waals surface area contributed by atoms with Crippen LogP contribution >= 0.6 is 0 Å². The topological polar surface area (TPSA) is 131 Å². The molecule has 1 aliphatic carbocycles. The van der Waals surface area contributed by atoms with Gasteiger partial charge in [-0.2, -0.15) is 18.4 Å². The number of nitrogens with zero attached hydrogens (tertiary/aromatic N) is 2. The van der Waals surface area contributed by atoms with Gasteiger partial charge in [-0.3, -0.25) is 19.2 Å². The molecule has 3 aliphatic rings. The Labute approximate surface area is 208 Å². The van der Waals surface area contributed by atoms with Crippen LogP contribution in [-0.4, -0.2) is 65.4 Å². The number of fused-ring (bicyclic) bond motifs is 1. The number of piperidine rings is 2. The molecule has 0 unspecified atom stereocenters. The average molecular weight is 514 g/mol. The molecule has 4 amide bonds. The Balaban J connectivity index is 1.79. The molecule has 2 saturated heterocycles. The largest absolute Gasteiger partial charge is 0.471 e. The van der Waals surface area contributed by atoms with Crippen LogP contribution in [0.15, 0.2) is 0 Å². The molecule has 2 aliphatic heterocycles. The van der Waals surface area contributed by atoms with Crippen LogP contribution in [0.4, 0.5) is 13.2 Å². The maximum absolute atomic E-state index is 13.5. The van der Waals surface area contributed by atoms with Gasteiger partial charge in [0.15, 0.2) is 0 Å². The molecule has 0 aromatic carbocycles. The highest BCUT2D eigenvalue weighted by molar-refractivity contribution is 5.94. The molecule has 6 atom stereocenters. The van der Waals surface area contributed by atoms with Crippen molar-refractivity contribution in [3.05, 3.63) is 0 Å². The Bertz CT molecular complexity index is 968. The normalized spacial score (nSPS) is 28.8. The molecule has 200 valence electrons. The zero-order valence-corrected chi connectivity index (χ0v) is 21.2. The van der Waals surface area contributed by atoms with Gasteiger partial charge in [0.1, 0.15) is 18.1 Å². The van der Waals surface area contributed by atoms with Gasteiger partial charge in [0.2, 0.25) is 17.7 Å². The van der Waals surface area contributed by atoms with Crippen molar-refractivity contribution in [3.8, 4) is 6.07 Å². The van der Waals surface area contributed by atoms with E-state index in [1.54, 1.807) is 5.32 Å². The second-order valence-corrected chi connectivity index (χ2v) is 12.0. The Morgan fingerprint density at radius 1 is 1.22 bits per heavy atom. The van der Waals surface area contributed by atoms with E-state index in [4.69, 9.17) is 0 Å². The summed E-state index contributed by atoms with van der Waals surface area (Å²) < 4.78 is 38.9. The summed E-state index contributed by atoms with van der Waals surface area (Å²) in [6, 6.07) is -1.38. The first-order valence-corrected chi connectivity index (χ1v) is 12.1. The van der Waals surface area contributed by atoms with Gasteiger partial charge >= 0.3 is 12.1 Å². The van der Waals surface area contributed by atoms with E-state index in [-0.39, 0.29) is 48.6 Å². The number of carbonyl (C=O) groups is 4. The van der Waals surface area contributed by atoms with Crippen molar-refractivity contribution in [3.63, 3.8) is 0 Å². The lowest BCUT2D eigenvalue weighted by molar-refractivity contribution is -0.176. The summed E-state index contributed by atoms with van der Waals surface area (Å²) in [4.78, 5) is 51.8. The molecule has 3 rings (SSSR count). The lowest BCUT2D eigenvalue weighted by atomic mass is 9.77. The molecule has 0 bridgehead atoms. The second kappa shape index (κ2) is 9.56. The van der Waals surface area contributed by atoms with Crippen molar-refractivity contribution in [2.75, 3.05) is 6.54 Å². The van der Waals surface area contributed by atoms with Gasteiger partial charge in [0, 0.05) is 18.5 Å². The number of hydrogen-bond acceptors (Lipinski definition) is 5. The molecule has 0 aromatic rings. The minimum Gasteiger partial charge on any atom is -0.353 e. The molecule has 0 spiro atoms. The number of carbonyl (C=O) groups excluding carboxylic acids is 4. The molecule has 36 heavy (non-hydrogen) atoms. The third kappa shape index (κ3) is 6.10. The third-order valence-corrected chi connectivity index (χ3v) is 7.37. The summed E-state index contributed by atoms with van der Waals surface area (Å²) in [7, 11) is 0. The first kappa shape index (κ1) is 27.7. The lowest BCUT2D eigenvalue weighted by Gasteiger charge is -2.45. The molecule has 0 radical (unpaired) electrons.